The molecule has 21 heavy (non-hydrogen) atoms. The van der Waals surface area contributed by atoms with Crippen LogP contribution in [0.15, 0.2) is 0 Å². The minimum Gasteiger partial charge on any atom is -0.356 e. The predicted molar refractivity (Wildman–Crippen MR) is 92.3 cm³/mol. The smallest absolute Gasteiger partial charge is 0.138 e. The fourth-order valence-electron chi connectivity index (χ4n) is 2.92. The molecule has 4 heteroatoms. The third-order valence-corrected chi connectivity index (χ3v) is 4.06. The molecule has 4 nitrogen and oxygen atoms in total. The largest absolute Gasteiger partial charge is 0.356 e. The molecule has 128 valence electrons. The maximum Gasteiger partial charge on any atom is 0.138 e. The van der Waals surface area contributed by atoms with Crippen molar-refractivity contribution in [2.24, 2.45) is 11.5 Å². The molecule has 0 rings (SSSR count). The highest BCUT2D eigenvalue weighted by Crippen LogP contribution is 2.29. The lowest BCUT2D eigenvalue weighted by Crippen LogP contribution is -2.63. The van der Waals surface area contributed by atoms with Crippen LogP contribution >= 0.6 is 0 Å². The Bertz CT molecular complexity index is 240. The van der Waals surface area contributed by atoms with Gasteiger partial charge in [0.05, 0.1) is 6.10 Å². The van der Waals surface area contributed by atoms with Gasteiger partial charge in [-0.1, -0.05) is 33.6 Å². The quantitative estimate of drug-likeness (QED) is 0.513. The minimum absolute atomic E-state index is 0.00263. The summed E-state index contributed by atoms with van der Waals surface area (Å²) in [7, 11) is 0. The van der Waals surface area contributed by atoms with Crippen LogP contribution in [-0.4, -0.2) is 42.4 Å². The first-order chi connectivity index (χ1) is 9.98. The number of ether oxygens (including phenoxy) is 1. The summed E-state index contributed by atoms with van der Waals surface area (Å²) >= 11 is 0. The molecular weight excluding hydrogens is 262 g/mol. The normalized spacial score (nSPS) is 16.4. The topological polar surface area (TPSA) is 64.5 Å². The summed E-state index contributed by atoms with van der Waals surface area (Å²) in [6.45, 7) is 13.5. The lowest BCUT2D eigenvalue weighted by atomic mass is 9.94. The van der Waals surface area contributed by atoms with Crippen LogP contribution in [0.2, 0.25) is 0 Å². The van der Waals surface area contributed by atoms with Gasteiger partial charge in [0.2, 0.25) is 0 Å². The first kappa shape index (κ1) is 20.8. The minimum atomic E-state index is -0.415. The zero-order chi connectivity index (χ0) is 16.3. The number of rotatable bonds is 13. The van der Waals surface area contributed by atoms with Crippen molar-refractivity contribution in [3.8, 4) is 0 Å². The van der Waals surface area contributed by atoms with Crippen LogP contribution in [0.3, 0.4) is 0 Å². The third-order valence-electron chi connectivity index (χ3n) is 4.06. The Balaban J connectivity index is 5.37. The Morgan fingerprint density at radius 3 is 1.90 bits per heavy atom. The molecule has 0 aromatic carbocycles. The van der Waals surface area contributed by atoms with Crippen LogP contribution < -0.4 is 11.5 Å². The number of nitrogens with zero attached hydrogens (tertiary/aromatic N) is 1. The van der Waals surface area contributed by atoms with Crippen LogP contribution in [0.1, 0.15) is 73.1 Å². The van der Waals surface area contributed by atoms with Crippen LogP contribution in [-0.2, 0) is 4.74 Å². The van der Waals surface area contributed by atoms with E-state index in [4.69, 9.17) is 16.2 Å². The van der Waals surface area contributed by atoms with Crippen molar-refractivity contribution >= 4 is 0 Å². The van der Waals surface area contributed by atoms with Gasteiger partial charge in [-0.05, 0) is 39.7 Å². The molecule has 2 atom stereocenters. The molecule has 4 N–H and O–H groups in total. The average molecular weight is 302 g/mol. The first-order valence-corrected chi connectivity index (χ1v) is 8.86. The van der Waals surface area contributed by atoms with E-state index in [0.717, 1.165) is 25.9 Å². The predicted octanol–water partition coefficient (Wildman–Crippen LogP) is 3.10. The van der Waals surface area contributed by atoms with Crippen molar-refractivity contribution in [3.63, 3.8) is 0 Å². The van der Waals surface area contributed by atoms with Gasteiger partial charge in [0.1, 0.15) is 5.72 Å². The first-order valence-electron chi connectivity index (χ1n) is 8.86. The van der Waals surface area contributed by atoms with E-state index in [0.29, 0.717) is 6.54 Å². The molecule has 0 aliphatic heterocycles. The van der Waals surface area contributed by atoms with E-state index in [2.05, 4.69) is 39.5 Å². The van der Waals surface area contributed by atoms with Crippen LogP contribution in [0, 0.1) is 0 Å². The van der Waals surface area contributed by atoms with Crippen molar-refractivity contribution in [1.29, 1.82) is 0 Å². The summed E-state index contributed by atoms with van der Waals surface area (Å²) in [5.41, 5.74) is 12.0. The Labute approximate surface area is 132 Å². The monoisotopic (exact) mass is 301 g/mol. The molecular formula is C17H39N3O. The molecule has 0 saturated carbocycles. The highest BCUT2D eigenvalue weighted by atomic mass is 16.5. The lowest BCUT2D eigenvalue weighted by Gasteiger charge is -2.48. The van der Waals surface area contributed by atoms with Crippen LogP contribution in [0.25, 0.3) is 0 Å². The van der Waals surface area contributed by atoms with Crippen LogP contribution in [0.5, 0.6) is 0 Å². The van der Waals surface area contributed by atoms with Crippen molar-refractivity contribution in [2.75, 3.05) is 19.6 Å². The van der Waals surface area contributed by atoms with Gasteiger partial charge in [-0.3, -0.25) is 4.90 Å². The van der Waals surface area contributed by atoms with Gasteiger partial charge in [0.25, 0.3) is 0 Å². The van der Waals surface area contributed by atoms with Gasteiger partial charge in [0, 0.05) is 25.6 Å². The van der Waals surface area contributed by atoms with Crippen molar-refractivity contribution in [2.45, 2.75) is 91.0 Å². The molecule has 2 unspecified atom stereocenters. The zero-order valence-corrected chi connectivity index (χ0v) is 15.0. The highest BCUT2D eigenvalue weighted by molar-refractivity contribution is 4.92. The second-order valence-electron chi connectivity index (χ2n) is 6.26. The average Bonchev–Trinajstić information content (AvgIpc) is 2.45. The van der Waals surface area contributed by atoms with Gasteiger partial charge >= 0.3 is 0 Å². The Morgan fingerprint density at radius 2 is 1.57 bits per heavy atom. The van der Waals surface area contributed by atoms with Crippen molar-refractivity contribution in [3.05, 3.63) is 0 Å². The Kier molecular flexibility index (Phi) is 11.3. The van der Waals surface area contributed by atoms with E-state index >= 15 is 0 Å². The molecule has 0 amide bonds. The van der Waals surface area contributed by atoms with E-state index in [-0.39, 0.29) is 12.1 Å². The Hall–Kier alpha value is -0.160. The SMILES string of the molecule is CCCCN(CCCC)C(CCN)(OC(C)C)C(N)CC. The summed E-state index contributed by atoms with van der Waals surface area (Å²) in [4.78, 5) is 2.47. The second-order valence-corrected chi connectivity index (χ2v) is 6.26. The Morgan fingerprint density at radius 1 is 1.05 bits per heavy atom. The number of nitrogens with two attached hydrogens (primary N) is 2. The van der Waals surface area contributed by atoms with E-state index in [9.17, 15) is 0 Å². The summed E-state index contributed by atoms with van der Waals surface area (Å²) < 4.78 is 6.41. The van der Waals surface area contributed by atoms with Gasteiger partial charge in [-0.2, -0.15) is 0 Å². The summed E-state index contributed by atoms with van der Waals surface area (Å²) in [6.07, 6.45) is 6.57. The third kappa shape index (κ3) is 6.64. The van der Waals surface area contributed by atoms with Crippen molar-refractivity contribution < 1.29 is 4.74 Å². The fraction of sp³-hybridized carbons (Fsp3) is 1.00. The molecule has 0 saturated heterocycles. The maximum atomic E-state index is 6.51. The van der Waals surface area contributed by atoms with E-state index in [1.807, 2.05) is 0 Å². The van der Waals surface area contributed by atoms with Gasteiger partial charge in [-0.15, -0.1) is 0 Å². The van der Waals surface area contributed by atoms with Gasteiger partial charge in [-0.25, -0.2) is 0 Å². The molecule has 0 heterocycles. The van der Waals surface area contributed by atoms with Gasteiger partial charge in [0.15, 0.2) is 0 Å². The molecule has 0 aromatic heterocycles. The summed E-state index contributed by atoms with van der Waals surface area (Å²) in [6, 6.07) is -0.00263. The standard InChI is InChI=1S/C17H39N3O/c1-6-9-13-20(14-10-7-2)17(11-12-18,16(19)8-3)21-15(4)5/h15-16H,6-14,18-19H2,1-5H3. The second kappa shape index (κ2) is 11.4. The van der Waals surface area contributed by atoms with Crippen molar-refractivity contribution in [1.82, 2.24) is 4.90 Å². The lowest BCUT2D eigenvalue weighted by molar-refractivity contribution is -0.196. The zero-order valence-electron chi connectivity index (χ0n) is 15.0. The number of unbranched alkanes of at least 4 members (excludes halogenated alkanes) is 2. The highest BCUT2D eigenvalue weighted by Gasteiger charge is 2.42. The molecule has 0 aliphatic carbocycles. The molecule has 0 aliphatic rings. The number of hydrogen-bond donors (Lipinski definition) is 2. The molecule has 0 radical (unpaired) electrons. The molecule has 0 aromatic rings. The van der Waals surface area contributed by atoms with Gasteiger partial charge < -0.3 is 16.2 Å². The van der Waals surface area contributed by atoms with Crippen LogP contribution in [0.4, 0.5) is 0 Å². The molecule has 0 spiro atoms. The van der Waals surface area contributed by atoms with E-state index < -0.39 is 5.72 Å². The summed E-state index contributed by atoms with van der Waals surface area (Å²) in [5.74, 6) is 0. The fourth-order valence-corrected chi connectivity index (χ4v) is 2.92. The molecule has 0 fully saturated rings. The van der Waals surface area contributed by atoms with E-state index in [1.54, 1.807) is 0 Å². The van der Waals surface area contributed by atoms with E-state index in [1.165, 1.54) is 25.7 Å². The summed E-state index contributed by atoms with van der Waals surface area (Å²) in [5, 5.41) is 0. The molecule has 0 bridgehead atoms. The maximum absolute atomic E-state index is 6.51. The number of hydrogen-bond acceptors (Lipinski definition) is 4.